The second-order valence-electron chi connectivity index (χ2n) is 8.36. The number of carbonyl (C=O) groups is 1. The molecule has 1 aromatic carbocycles. The predicted molar refractivity (Wildman–Crippen MR) is 104 cm³/mol. The lowest BCUT2D eigenvalue weighted by molar-refractivity contribution is 0.0467. The molecule has 1 amide bonds. The molecular weight excluding hydrogens is 324 g/mol. The van der Waals surface area contributed by atoms with E-state index in [4.69, 9.17) is 0 Å². The molecule has 1 N–H and O–H groups in total. The fraction of sp³-hybridized carbons (Fsp3) is 0.500. The number of aliphatic hydroxyl groups excluding tert-OH is 1. The summed E-state index contributed by atoms with van der Waals surface area (Å²) in [7, 11) is 0. The number of nitrogens with zero attached hydrogens (tertiary/aromatic N) is 2. The first-order valence-corrected chi connectivity index (χ1v) is 9.54. The van der Waals surface area contributed by atoms with Crippen molar-refractivity contribution in [2.75, 3.05) is 13.1 Å². The van der Waals surface area contributed by atoms with E-state index in [1.54, 1.807) is 0 Å². The minimum absolute atomic E-state index is 0.0208. The SMILES string of the molecule is CC(C)(C)n1ccc(C(=O)N2CCC(C(O)Cc3ccccc3)CC2)c1. The summed E-state index contributed by atoms with van der Waals surface area (Å²) in [4.78, 5) is 14.7. The third kappa shape index (κ3) is 4.36. The van der Waals surface area contributed by atoms with Gasteiger partial charge in [-0.05, 0) is 57.6 Å². The number of aromatic nitrogens is 1. The van der Waals surface area contributed by atoms with E-state index >= 15 is 0 Å². The van der Waals surface area contributed by atoms with E-state index < -0.39 is 0 Å². The van der Waals surface area contributed by atoms with Crippen molar-refractivity contribution < 1.29 is 9.90 Å². The highest BCUT2D eigenvalue weighted by Crippen LogP contribution is 2.25. The number of aliphatic hydroxyl groups is 1. The second kappa shape index (κ2) is 7.67. The van der Waals surface area contributed by atoms with Crippen LogP contribution in [-0.2, 0) is 12.0 Å². The van der Waals surface area contributed by atoms with Crippen molar-refractivity contribution in [2.45, 2.75) is 51.7 Å². The minimum atomic E-state index is -0.336. The maximum absolute atomic E-state index is 12.8. The highest BCUT2D eigenvalue weighted by Gasteiger charge is 2.28. The van der Waals surface area contributed by atoms with Crippen molar-refractivity contribution in [2.24, 2.45) is 5.92 Å². The molecule has 0 radical (unpaired) electrons. The third-order valence-electron chi connectivity index (χ3n) is 5.37. The average Bonchev–Trinajstić information content (AvgIpc) is 3.12. The van der Waals surface area contributed by atoms with Gasteiger partial charge in [0.15, 0.2) is 0 Å². The van der Waals surface area contributed by atoms with Crippen LogP contribution in [0.4, 0.5) is 0 Å². The van der Waals surface area contributed by atoms with Crippen LogP contribution in [0, 0.1) is 5.92 Å². The lowest BCUT2D eigenvalue weighted by Crippen LogP contribution is -2.41. The predicted octanol–water partition coefficient (Wildman–Crippen LogP) is 3.70. The molecule has 0 saturated carbocycles. The summed E-state index contributed by atoms with van der Waals surface area (Å²) < 4.78 is 2.08. The summed E-state index contributed by atoms with van der Waals surface area (Å²) in [5, 5.41) is 10.6. The fourth-order valence-corrected chi connectivity index (χ4v) is 3.63. The highest BCUT2D eigenvalue weighted by molar-refractivity contribution is 5.94. The van der Waals surface area contributed by atoms with Gasteiger partial charge in [-0.1, -0.05) is 30.3 Å². The Labute approximate surface area is 156 Å². The maximum atomic E-state index is 12.8. The molecule has 1 saturated heterocycles. The normalized spacial score (nSPS) is 17.3. The summed E-state index contributed by atoms with van der Waals surface area (Å²) in [6.07, 6.45) is 5.99. The molecule has 1 aliphatic rings. The molecule has 1 aliphatic heterocycles. The summed E-state index contributed by atoms with van der Waals surface area (Å²) in [6.45, 7) is 7.81. The average molecular weight is 354 g/mol. The summed E-state index contributed by atoms with van der Waals surface area (Å²) >= 11 is 0. The molecule has 0 spiro atoms. The van der Waals surface area contributed by atoms with Crippen molar-refractivity contribution >= 4 is 5.91 Å². The first kappa shape index (κ1) is 18.7. The molecule has 2 aromatic rings. The van der Waals surface area contributed by atoms with Gasteiger partial charge in [-0.3, -0.25) is 4.79 Å². The van der Waals surface area contributed by atoms with Crippen LogP contribution in [0.5, 0.6) is 0 Å². The zero-order valence-electron chi connectivity index (χ0n) is 16.1. The van der Waals surface area contributed by atoms with Crippen molar-refractivity contribution in [3.05, 3.63) is 59.9 Å². The largest absolute Gasteiger partial charge is 0.392 e. The Bertz CT molecular complexity index is 722. The van der Waals surface area contributed by atoms with E-state index in [1.165, 1.54) is 5.56 Å². The lowest BCUT2D eigenvalue weighted by Gasteiger charge is -2.34. The van der Waals surface area contributed by atoms with Crippen LogP contribution in [0.3, 0.4) is 0 Å². The van der Waals surface area contributed by atoms with Gasteiger partial charge in [0.2, 0.25) is 0 Å². The molecule has 2 heterocycles. The molecule has 1 atom stereocenters. The van der Waals surface area contributed by atoms with Gasteiger partial charge in [0.25, 0.3) is 5.91 Å². The van der Waals surface area contributed by atoms with E-state index in [0.29, 0.717) is 6.42 Å². The van der Waals surface area contributed by atoms with Crippen molar-refractivity contribution in [1.82, 2.24) is 9.47 Å². The van der Waals surface area contributed by atoms with Gasteiger partial charge >= 0.3 is 0 Å². The van der Waals surface area contributed by atoms with Crippen molar-refractivity contribution in [3.63, 3.8) is 0 Å². The van der Waals surface area contributed by atoms with Crippen LogP contribution < -0.4 is 0 Å². The lowest BCUT2D eigenvalue weighted by atomic mass is 9.88. The molecule has 4 nitrogen and oxygen atoms in total. The topological polar surface area (TPSA) is 45.5 Å². The van der Waals surface area contributed by atoms with E-state index in [1.807, 2.05) is 41.6 Å². The number of carbonyl (C=O) groups excluding carboxylic acids is 1. The summed E-state index contributed by atoms with van der Waals surface area (Å²) in [6, 6.07) is 12.0. The van der Waals surface area contributed by atoms with Crippen LogP contribution in [0.1, 0.15) is 49.5 Å². The quantitative estimate of drug-likeness (QED) is 0.910. The van der Waals surface area contributed by atoms with E-state index in [2.05, 4.69) is 37.5 Å². The van der Waals surface area contributed by atoms with E-state index in [-0.39, 0.29) is 23.5 Å². The number of likely N-dealkylation sites (tertiary alicyclic amines) is 1. The summed E-state index contributed by atoms with van der Waals surface area (Å²) in [5.74, 6) is 0.363. The number of hydrogen-bond donors (Lipinski definition) is 1. The van der Waals surface area contributed by atoms with Gasteiger partial charge in [-0.2, -0.15) is 0 Å². The van der Waals surface area contributed by atoms with E-state index in [0.717, 1.165) is 31.5 Å². The van der Waals surface area contributed by atoms with Crippen molar-refractivity contribution in [1.29, 1.82) is 0 Å². The van der Waals surface area contributed by atoms with Crippen LogP contribution in [-0.4, -0.2) is 39.7 Å². The van der Waals surface area contributed by atoms with Crippen LogP contribution in [0.15, 0.2) is 48.8 Å². The molecular formula is C22H30N2O2. The fourth-order valence-electron chi connectivity index (χ4n) is 3.63. The van der Waals surface area contributed by atoms with Gasteiger partial charge in [-0.15, -0.1) is 0 Å². The number of amides is 1. The molecule has 140 valence electrons. The Kier molecular flexibility index (Phi) is 5.52. The van der Waals surface area contributed by atoms with Gasteiger partial charge in [-0.25, -0.2) is 0 Å². The zero-order chi connectivity index (χ0) is 18.7. The van der Waals surface area contributed by atoms with Gasteiger partial charge in [0.1, 0.15) is 0 Å². The highest BCUT2D eigenvalue weighted by atomic mass is 16.3. The molecule has 3 rings (SSSR count). The van der Waals surface area contributed by atoms with Crippen LogP contribution in [0.2, 0.25) is 0 Å². The standard InChI is InChI=1S/C22H30N2O2/c1-22(2,3)24-14-11-19(16-24)21(26)23-12-9-18(10-13-23)20(25)15-17-7-5-4-6-8-17/h4-8,11,14,16,18,20,25H,9-10,12-13,15H2,1-3H3. The monoisotopic (exact) mass is 354 g/mol. The maximum Gasteiger partial charge on any atom is 0.255 e. The second-order valence-corrected chi connectivity index (χ2v) is 8.36. The van der Waals surface area contributed by atoms with Crippen LogP contribution >= 0.6 is 0 Å². The van der Waals surface area contributed by atoms with Crippen LogP contribution in [0.25, 0.3) is 0 Å². The third-order valence-corrected chi connectivity index (χ3v) is 5.37. The molecule has 4 heteroatoms. The molecule has 1 unspecified atom stereocenters. The number of hydrogen-bond acceptors (Lipinski definition) is 2. The molecule has 26 heavy (non-hydrogen) atoms. The zero-order valence-corrected chi connectivity index (χ0v) is 16.1. The Morgan fingerprint density at radius 1 is 1.15 bits per heavy atom. The minimum Gasteiger partial charge on any atom is -0.392 e. The first-order valence-electron chi connectivity index (χ1n) is 9.54. The Balaban J connectivity index is 1.54. The van der Waals surface area contributed by atoms with E-state index in [9.17, 15) is 9.90 Å². The Morgan fingerprint density at radius 2 is 1.81 bits per heavy atom. The number of piperidine rings is 1. The van der Waals surface area contributed by atoms with Gasteiger partial charge in [0, 0.05) is 31.0 Å². The molecule has 0 bridgehead atoms. The molecule has 1 aromatic heterocycles. The molecule has 1 fully saturated rings. The number of benzene rings is 1. The number of rotatable bonds is 4. The molecule has 0 aliphatic carbocycles. The Hall–Kier alpha value is -2.07. The van der Waals surface area contributed by atoms with Crippen molar-refractivity contribution in [3.8, 4) is 0 Å². The Morgan fingerprint density at radius 3 is 2.38 bits per heavy atom. The van der Waals surface area contributed by atoms with Gasteiger partial charge in [0.05, 0.1) is 11.7 Å². The first-order chi connectivity index (χ1) is 12.3. The summed E-state index contributed by atoms with van der Waals surface area (Å²) in [5.41, 5.74) is 1.90. The smallest absolute Gasteiger partial charge is 0.255 e. The van der Waals surface area contributed by atoms with Gasteiger partial charge < -0.3 is 14.6 Å².